The molecule has 7 heteroatoms. The lowest BCUT2D eigenvalue weighted by atomic mass is 10.0. The SMILES string of the molecule is CCCc1sc(NC(=O)c2cc(OC)c(OC)c(OC)c2)nc1-c1ccc(-c2ccccc2)cc1. The number of methoxy groups -OCH3 is 3. The van der Waals surface area contributed by atoms with Crippen molar-refractivity contribution in [3.63, 3.8) is 0 Å². The molecule has 0 saturated heterocycles. The maximum Gasteiger partial charge on any atom is 0.257 e. The van der Waals surface area contributed by atoms with Crippen LogP contribution >= 0.6 is 11.3 Å². The van der Waals surface area contributed by atoms with Crippen LogP contribution in [0.25, 0.3) is 22.4 Å². The Balaban J connectivity index is 1.61. The van der Waals surface area contributed by atoms with Crippen molar-refractivity contribution in [1.29, 1.82) is 0 Å². The maximum absolute atomic E-state index is 13.1. The van der Waals surface area contributed by atoms with Crippen molar-refractivity contribution in [3.05, 3.63) is 77.2 Å². The number of rotatable bonds is 9. The summed E-state index contributed by atoms with van der Waals surface area (Å²) in [5.41, 5.74) is 4.64. The van der Waals surface area contributed by atoms with Crippen molar-refractivity contribution in [3.8, 4) is 39.6 Å². The van der Waals surface area contributed by atoms with Gasteiger partial charge in [-0.05, 0) is 29.7 Å². The van der Waals surface area contributed by atoms with E-state index in [0.717, 1.165) is 34.5 Å². The van der Waals surface area contributed by atoms with E-state index in [9.17, 15) is 4.79 Å². The highest BCUT2D eigenvalue weighted by atomic mass is 32.1. The van der Waals surface area contributed by atoms with E-state index in [1.807, 2.05) is 18.2 Å². The number of amides is 1. The molecule has 0 saturated carbocycles. The van der Waals surface area contributed by atoms with E-state index >= 15 is 0 Å². The largest absolute Gasteiger partial charge is 0.493 e. The van der Waals surface area contributed by atoms with Crippen LogP contribution in [0.1, 0.15) is 28.6 Å². The fourth-order valence-electron chi connectivity index (χ4n) is 3.86. The Morgan fingerprint density at radius 3 is 2.03 bits per heavy atom. The third-order valence-corrected chi connectivity index (χ3v) is 6.62. The number of aromatic nitrogens is 1. The topological polar surface area (TPSA) is 69.7 Å². The van der Waals surface area contributed by atoms with Gasteiger partial charge in [0, 0.05) is 16.0 Å². The van der Waals surface area contributed by atoms with Gasteiger partial charge in [0.2, 0.25) is 5.75 Å². The zero-order valence-corrected chi connectivity index (χ0v) is 21.1. The van der Waals surface area contributed by atoms with Crippen LogP contribution in [0.3, 0.4) is 0 Å². The molecule has 1 N–H and O–H groups in total. The van der Waals surface area contributed by atoms with Crippen molar-refractivity contribution in [2.24, 2.45) is 0 Å². The monoisotopic (exact) mass is 488 g/mol. The molecule has 0 bridgehead atoms. The lowest BCUT2D eigenvalue weighted by Gasteiger charge is -2.13. The number of hydrogen-bond acceptors (Lipinski definition) is 6. The Kier molecular flexibility index (Phi) is 7.67. The molecule has 1 amide bonds. The number of benzene rings is 3. The summed E-state index contributed by atoms with van der Waals surface area (Å²) in [6, 6.07) is 21.9. The molecule has 0 radical (unpaired) electrons. The van der Waals surface area contributed by atoms with Gasteiger partial charge >= 0.3 is 0 Å². The van der Waals surface area contributed by atoms with Crippen LogP contribution in [-0.4, -0.2) is 32.2 Å². The summed E-state index contributed by atoms with van der Waals surface area (Å²) in [6.07, 6.45) is 1.87. The molecule has 1 aromatic heterocycles. The molecule has 1 heterocycles. The van der Waals surface area contributed by atoms with Crippen LogP contribution in [-0.2, 0) is 6.42 Å². The van der Waals surface area contributed by atoms with E-state index in [2.05, 4.69) is 48.6 Å². The zero-order chi connectivity index (χ0) is 24.8. The summed E-state index contributed by atoms with van der Waals surface area (Å²) in [6.45, 7) is 2.14. The quantitative estimate of drug-likeness (QED) is 0.284. The van der Waals surface area contributed by atoms with E-state index in [0.29, 0.717) is 27.9 Å². The Morgan fingerprint density at radius 2 is 1.46 bits per heavy atom. The van der Waals surface area contributed by atoms with E-state index in [1.165, 1.54) is 38.2 Å². The lowest BCUT2D eigenvalue weighted by molar-refractivity contribution is 0.102. The highest BCUT2D eigenvalue weighted by Crippen LogP contribution is 2.39. The van der Waals surface area contributed by atoms with Gasteiger partial charge in [0.1, 0.15) is 0 Å². The van der Waals surface area contributed by atoms with Crippen molar-refractivity contribution in [1.82, 2.24) is 4.98 Å². The van der Waals surface area contributed by atoms with Crippen molar-refractivity contribution in [2.75, 3.05) is 26.6 Å². The van der Waals surface area contributed by atoms with Gasteiger partial charge in [-0.2, -0.15) is 0 Å². The molecule has 0 spiro atoms. The lowest BCUT2D eigenvalue weighted by Crippen LogP contribution is -2.12. The molecule has 0 fully saturated rings. The molecule has 0 aliphatic rings. The van der Waals surface area contributed by atoms with Gasteiger partial charge in [-0.3, -0.25) is 10.1 Å². The first-order chi connectivity index (χ1) is 17.1. The summed E-state index contributed by atoms with van der Waals surface area (Å²) in [7, 11) is 4.57. The highest BCUT2D eigenvalue weighted by molar-refractivity contribution is 7.16. The predicted octanol–water partition coefficient (Wildman–Crippen LogP) is 6.71. The van der Waals surface area contributed by atoms with Gasteiger partial charge in [0.05, 0.1) is 27.0 Å². The minimum absolute atomic E-state index is 0.299. The van der Waals surface area contributed by atoms with Gasteiger partial charge in [0.25, 0.3) is 5.91 Å². The number of carbonyl (C=O) groups is 1. The minimum atomic E-state index is -0.299. The molecule has 0 aliphatic carbocycles. The first-order valence-electron chi connectivity index (χ1n) is 11.3. The van der Waals surface area contributed by atoms with Crippen molar-refractivity contribution < 1.29 is 19.0 Å². The zero-order valence-electron chi connectivity index (χ0n) is 20.3. The molecule has 6 nitrogen and oxygen atoms in total. The van der Waals surface area contributed by atoms with Gasteiger partial charge in [-0.1, -0.05) is 67.9 Å². The van der Waals surface area contributed by atoms with Gasteiger partial charge in [-0.15, -0.1) is 11.3 Å². The molecular formula is C28H28N2O4S. The number of ether oxygens (including phenoxy) is 3. The van der Waals surface area contributed by atoms with E-state index in [-0.39, 0.29) is 5.91 Å². The fourth-order valence-corrected chi connectivity index (χ4v) is 4.94. The van der Waals surface area contributed by atoms with Crippen LogP contribution in [0.5, 0.6) is 17.2 Å². The van der Waals surface area contributed by atoms with Gasteiger partial charge in [0.15, 0.2) is 16.6 Å². The standard InChI is InChI=1S/C28H28N2O4S/c1-5-9-24-25(20-14-12-19(13-15-20)18-10-7-6-8-11-18)29-28(35-24)30-27(31)21-16-22(32-2)26(34-4)23(17-21)33-3/h6-8,10-17H,5,9H2,1-4H3,(H,29,30,31). The minimum Gasteiger partial charge on any atom is -0.493 e. The maximum atomic E-state index is 13.1. The average molecular weight is 489 g/mol. The predicted molar refractivity (Wildman–Crippen MR) is 141 cm³/mol. The normalized spacial score (nSPS) is 10.6. The smallest absolute Gasteiger partial charge is 0.257 e. The van der Waals surface area contributed by atoms with Gasteiger partial charge < -0.3 is 14.2 Å². The molecule has 4 rings (SSSR count). The number of carbonyl (C=O) groups excluding carboxylic acids is 1. The number of nitrogens with zero attached hydrogens (tertiary/aromatic N) is 1. The Morgan fingerprint density at radius 1 is 0.857 bits per heavy atom. The number of aryl methyl sites for hydroxylation is 1. The summed E-state index contributed by atoms with van der Waals surface area (Å²) in [5.74, 6) is 0.975. The molecule has 4 aromatic rings. The molecule has 0 atom stereocenters. The molecule has 0 unspecified atom stereocenters. The van der Waals surface area contributed by atoms with Crippen LogP contribution in [0.2, 0.25) is 0 Å². The van der Waals surface area contributed by atoms with Crippen LogP contribution < -0.4 is 19.5 Å². The first kappa shape index (κ1) is 24.3. The fraction of sp³-hybridized carbons (Fsp3) is 0.214. The van der Waals surface area contributed by atoms with E-state index in [1.54, 1.807) is 12.1 Å². The molecule has 0 aliphatic heterocycles. The van der Waals surface area contributed by atoms with E-state index in [4.69, 9.17) is 19.2 Å². The second kappa shape index (κ2) is 11.1. The number of hydrogen-bond donors (Lipinski definition) is 1. The highest BCUT2D eigenvalue weighted by Gasteiger charge is 2.19. The third kappa shape index (κ3) is 5.30. The Hall–Kier alpha value is -3.84. The second-order valence-electron chi connectivity index (χ2n) is 7.85. The molecule has 180 valence electrons. The molecule has 35 heavy (non-hydrogen) atoms. The number of anilines is 1. The van der Waals surface area contributed by atoms with Crippen molar-refractivity contribution in [2.45, 2.75) is 19.8 Å². The first-order valence-corrected chi connectivity index (χ1v) is 12.2. The average Bonchev–Trinajstić information content (AvgIpc) is 3.30. The number of nitrogens with one attached hydrogen (secondary N) is 1. The second-order valence-corrected chi connectivity index (χ2v) is 8.94. The van der Waals surface area contributed by atoms with Gasteiger partial charge in [-0.25, -0.2) is 4.98 Å². The Labute approximate surface area is 209 Å². The van der Waals surface area contributed by atoms with Crippen LogP contribution in [0.4, 0.5) is 5.13 Å². The number of thiazole rings is 1. The summed E-state index contributed by atoms with van der Waals surface area (Å²) >= 11 is 1.50. The van der Waals surface area contributed by atoms with Crippen molar-refractivity contribution >= 4 is 22.4 Å². The molecule has 3 aromatic carbocycles. The third-order valence-electron chi connectivity index (χ3n) is 5.59. The summed E-state index contributed by atoms with van der Waals surface area (Å²) in [5, 5.41) is 3.49. The van der Waals surface area contributed by atoms with Crippen LogP contribution in [0, 0.1) is 0 Å². The summed E-state index contributed by atoms with van der Waals surface area (Å²) < 4.78 is 16.1. The summed E-state index contributed by atoms with van der Waals surface area (Å²) in [4.78, 5) is 19.0. The Bertz CT molecular complexity index is 1280. The van der Waals surface area contributed by atoms with E-state index < -0.39 is 0 Å². The molecular weight excluding hydrogens is 460 g/mol. The van der Waals surface area contributed by atoms with Crippen LogP contribution in [0.15, 0.2) is 66.7 Å².